The van der Waals surface area contributed by atoms with Crippen LogP contribution in [0.3, 0.4) is 0 Å². The molecule has 2 nitrogen and oxygen atoms in total. The van der Waals surface area contributed by atoms with Crippen LogP contribution in [0.2, 0.25) is 0 Å². The third-order valence-electron chi connectivity index (χ3n) is 5.76. The van der Waals surface area contributed by atoms with Crippen molar-refractivity contribution >= 4 is 0 Å². The topological polar surface area (TPSA) is 15.3 Å². The fourth-order valence-corrected chi connectivity index (χ4v) is 4.32. The predicted molar refractivity (Wildman–Crippen MR) is 83.5 cm³/mol. The first kappa shape index (κ1) is 15.3. The quantitative estimate of drug-likeness (QED) is 0.781. The number of hydrogen-bond acceptors (Lipinski definition) is 2. The molecule has 0 aromatic rings. The van der Waals surface area contributed by atoms with Gasteiger partial charge in [-0.1, -0.05) is 32.6 Å². The molecule has 0 aromatic carbocycles. The summed E-state index contributed by atoms with van der Waals surface area (Å²) in [5.41, 5.74) is 0.552. The van der Waals surface area contributed by atoms with Gasteiger partial charge in [-0.2, -0.15) is 0 Å². The van der Waals surface area contributed by atoms with Crippen molar-refractivity contribution in [2.24, 2.45) is 11.3 Å². The molecule has 1 heterocycles. The summed E-state index contributed by atoms with van der Waals surface area (Å²) in [5.74, 6) is 0.881. The molecule has 19 heavy (non-hydrogen) atoms. The van der Waals surface area contributed by atoms with E-state index in [1.807, 2.05) is 0 Å². The number of likely N-dealkylation sites (tertiary alicyclic amines) is 1. The van der Waals surface area contributed by atoms with Crippen molar-refractivity contribution in [3.8, 4) is 0 Å². The van der Waals surface area contributed by atoms with E-state index in [0.717, 1.165) is 12.0 Å². The Hall–Kier alpha value is -0.0800. The molecule has 2 rings (SSSR count). The maximum absolute atomic E-state index is 3.49. The lowest BCUT2D eigenvalue weighted by Gasteiger charge is -2.44. The van der Waals surface area contributed by atoms with Gasteiger partial charge in [-0.05, 0) is 57.5 Å². The minimum atomic E-state index is 0.552. The second-order valence-electron chi connectivity index (χ2n) is 7.28. The average Bonchev–Trinajstić information content (AvgIpc) is 2.62. The fraction of sp³-hybridized carbons (Fsp3) is 1.00. The molecule has 2 aliphatic rings. The monoisotopic (exact) mass is 266 g/mol. The minimum absolute atomic E-state index is 0.552. The molecular formula is C17H34N2. The van der Waals surface area contributed by atoms with Crippen molar-refractivity contribution in [3.05, 3.63) is 0 Å². The number of hydrogen-bond donors (Lipinski definition) is 1. The first-order valence-corrected chi connectivity index (χ1v) is 8.55. The van der Waals surface area contributed by atoms with Crippen LogP contribution in [0, 0.1) is 11.3 Å². The molecule has 1 aliphatic carbocycles. The number of rotatable bonds is 4. The summed E-state index contributed by atoms with van der Waals surface area (Å²) in [6.45, 7) is 8.77. The van der Waals surface area contributed by atoms with Gasteiger partial charge < -0.3 is 5.32 Å². The van der Waals surface area contributed by atoms with E-state index < -0.39 is 0 Å². The molecule has 1 aliphatic heterocycles. The maximum atomic E-state index is 3.49. The first-order chi connectivity index (χ1) is 9.17. The molecular weight excluding hydrogens is 232 g/mol. The summed E-state index contributed by atoms with van der Waals surface area (Å²) >= 11 is 0. The van der Waals surface area contributed by atoms with Gasteiger partial charge >= 0.3 is 0 Å². The number of nitrogens with one attached hydrogen (secondary N) is 1. The number of piperidine rings is 1. The van der Waals surface area contributed by atoms with E-state index in [2.05, 4.69) is 31.1 Å². The van der Waals surface area contributed by atoms with E-state index >= 15 is 0 Å². The Morgan fingerprint density at radius 3 is 2.37 bits per heavy atom. The van der Waals surface area contributed by atoms with Crippen LogP contribution >= 0.6 is 0 Å². The Balaban J connectivity index is 2.02. The van der Waals surface area contributed by atoms with Gasteiger partial charge in [0.15, 0.2) is 0 Å². The lowest BCUT2D eigenvalue weighted by molar-refractivity contribution is 0.0516. The van der Waals surface area contributed by atoms with Gasteiger partial charge in [0, 0.05) is 19.1 Å². The third-order valence-corrected chi connectivity index (χ3v) is 5.76. The normalized spacial score (nSPS) is 33.0. The number of nitrogens with zero attached hydrogens (tertiary/aromatic N) is 1. The zero-order valence-electron chi connectivity index (χ0n) is 13.4. The van der Waals surface area contributed by atoms with Gasteiger partial charge in [-0.25, -0.2) is 0 Å². The average molecular weight is 266 g/mol. The highest BCUT2D eigenvalue weighted by atomic mass is 15.2. The molecule has 0 amide bonds. The van der Waals surface area contributed by atoms with Gasteiger partial charge in [0.1, 0.15) is 0 Å². The summed E-state index contributed by atoms with van der Waals surface area (Å²) in [7, 11) is 2.13. The van der Waals surface area contributed by atoms with Crippen LogP contribution < -0.4 is 5.32 Å². The van der Waals surface area contributed by atoms with Crippen molar-refractivity contribution in [1.82, 2.24) is 10.2 Å². The van der Waals surface area contributed by atoms with Crippen molar-refractivity contribution < 1.29 is 0 Å². The molecule has 1 saturated heterocycles. The molecule has 112 valence electrons. The van der Waals surface area contributed by atoms with E-state index in [0.29, 0.717) is 5.41 Å². The molecule has 2 fully saturated rings. The van der Waals surface area contributed by atoms with Crippen molar-refractivity contribution in [2.75, 3.05) is 26.7 Å². The zero-order chi connectivity index (χ0) is 13.7. The van der Waals surface area contributed by atoms with E-state index in [-0.39, 0.29) is 0 Å². The highest BCUT2D eigenvalue weighted by molar-refractivity contribution is 4.90. The van der Waals surface area contributed by atoms with E-state index in [9.17, 15) is 0 Å². The molecule has 0 radical (unpaired) electrons. The van der Waals surface area contributed by atoms with Crippen molar-refractivity contribution in [3.63, 3.8) is 0 Å². The van der Waals surface area contributed by atoms with E-state index in [1.165, 1.54) is 71.0 Å². The molecule has 0 aromatic heterocycles. The molecule has 0 bridgehead atoms. The Morgan fingerprint density at radius 1 is 1.05 bits per heavy atom. The van der Waals surface area contributed by atoms with Gasteiger partial charge in [0.25, 0.3) is 0 Å². The lowest BCUT2D eigenvalue weighted by Crippen LogP contribution is -2.50. The van der Waals surface area contributed by atoms with Crippen LogP contribution in [0.25, 0.3) is 0 Å². The van der Waals surface area contributed by atoms with E-state index in [4.69, 9.17) is 0 Å². The summed E-state index contributed by atoms with van der Waals surface area (Å²) < 4.78 is 0. The van der Waals surface area contributed by atoms with Crippen molar-refractivity contribution in [1.29, 1.82) is 0 Å². The van der Waals surface area contributed by atoms with Crippen LogP contribution in [-0.2, 0) is 0 Å². The standard InChI is InChI=1S/C17H34N2/c1-15-9-8-12-19(16(15)2)14-17(13-18-3)10-6-4-5-7-11-17/h15-16,18H,4-14H2,1-3H3. The molecule has 2 unspecified atom stereocenters. The Morgan fingerprint density at radius 2 is 1.74 bits per heavy atom. The Kier molecular flexibility index (Phi) is 5.70. The van der Waals surface area contributed by atoms with Gasteiger partial charge in [-0.15, -0.1) is 0 Å². The minimum Gasteiger partial charge on any atom is -0.319 e. The van der Waals surface area contributed by atoms with E-state index in [1.54, 1.807) is 0 Å². The maximum Gasteiger partial charge on any atom is 0.00928 e. The summed E-state index contributed by atoms with van der Waals surface area (Å²) in [5, 5.41) is 3.49. The highest BCUT2D eigenvalue weighted by Gasteiger charge is 2.35. The molecule has 1 N–H and O–H groups in total. The van der Waals surface area contributed by atoms with Crippen LogP contribution in [0.15, 0.2) is 0 Å². The lowest BCUT2D eigenvalue weighted by atomic mass is 9.78. The van der Waals surface area contributed by atoms with Crippen LogP contribution in [0.5, 0.6) is 0 Å². The SMILES string of the molecule is CNCC1(CN2CCCC(C)C2C)CCCCCC1. The zero-order valence-corrected chi connectivity index (χ0v) is 13.4. The van der Waals surface area contributed by atoms with Crippen molar-refractivity contribution in [2.45, 2.75) is 71.3 Å². The molecule has 2 atom stereocenters. The molecule has 0 spiro atoms. The first-order valence-electron chi connectivity index (χ1n) is 8.55. The summed E-state index contributed by atoms with van der Waals surface area (Å²) in [4.78, 5) is 2.80. The largest absolute Gasteiger partial charge is 0.319 e. The van der Waals surface area contributed by atoms with Crippen LogP contribution in [-0.4, -0.2) is 37.6 Å². The molecule has 2 heteroatoms. The van der Waals surface area contributed by atoms with Gasteiger partial charge in [0.2, 0.25) is 0 Å². The smallest absolute Gasteiger partial charge is 0.00928 e. The third kappa shape index (κ3) is 3.95. The van der Waals surface area contributed by atoms with Crippen LogP contribution in [0.1, 0.15) is 65.2 Å². The predicted octanol–water partition coefficient (Wildman–Crippen LogP) is 3.67. The summed E-state index contributed by atoms with van der Waals surface area (Å²) in [6, 6.07) is 0.783. The van der Waals surface area contributed by atoms with Gasteiger partial charge in [0.05, 0.1) is 0 Å². The summed E-state index contributed by atoms with van der Waals surface area (Å²) in [6.07, 6.45) is 11.5. The van der Waals surface area contributed by atoms with Gasteiger partial charge in [-0.3, -0.25) is 4.90 Å². The Bertz CT molecular complexity index is 256. The second-order valence-corrected chi connectivity index (χ2v) is 7.28. The Labute approximate surface area is 120 Å². The molecule has 1 saturated carbocycles. The second kappa shape index (κ2) is 7.08. The van der Waals surface area contributed by atoms with Crippen LogP contribution in [0.4, 0.5) is 0 Å². The highest BCUT2D eigenvalue weighted by Crippen LogP contribution is 2.37. The fourth-order valence-electron chi connectivity index (χ4n) is 4.32.